The van der Waals surface area contributed by atoms with Crippen molar-refractivity contribution >= 4 is 38.2 Å². The van der Waals surface area contributed by atoms with E-state index >= 15 is 0 Å². The topological polar surface area (TPSA) is 149 Å². The van der Waals surface area contributed by atoms with Gasteiger partial charge in [-0.15, -0.1) is 0 Å². The van der Waals surface area contributed by atoms with Gasteiger partial charge in [0.05, 0.1) is 0 Å². The van der Waals surface area contributed by atoms with E-state index in [1.54, 1.807) is 0 Å². The van der Waals surface area contributed by atoms with Crippen LogP contribution in [0.1, 0.15) is 1.43 Å². The minimum Gasteiger partial charge on any atom is -1.00 e. The summed E-state index contributed by atoms with van der Waals surface area (Å²) in [7, 11) is -9.33. The molecule has 12 heteroatoms. The molecule has 0 aliphatic carbocycles. The fraction of sp³-hybridized carbons (Fsp3) is 0. The van der Waals surface area contributed by atoms with Crippen molar-refractivity contribution in [2.45, 2.75) is 0 Å². The molecule has 0 aromatic heterocycles. The van der Waals surface area contributed by atoms with Crippen molar-refractivity contribution in [3.63, 3.8) is 0 Å². The van der Waals surface area contributed by atoms with Crippen LogP contribution in [0.3, 0.4) is 0 Å². The molecule has 0 aromatic rings. The third kappa shape index (κ3) is 389. The predicted octanol–water partition coefficient (Wildman–Crippen LogP) is -5.37. The summed E-state index contributed by atoms with van der Waals surface area (Å²) in [6, 6.07) is 0. The number of hydrogen-bond acceptors (Lipinski definition) is 4. The molecule has 12 heavy (non-hydrogen) atoms. The summed E-state index contributed by atoms with van der Waals surface area (Å²) in [6.45, 7) is 0. The molecule has 0 spiro atoms. The maximum atomic E-state index is 8.74. The molecule has 0 saturated heterocycles. The molecule has 0 unspecified atom stereocenters. The molecule has 0 aliphatic rings. The molecule has 0 bridgehead atoms. The molecule has 8 nitrogen and oxygen atoms in total. The summed E-state index contributed by atoms with van der Waals surface area (Å²) < 4.78 is 63.2. The Bertz CT molecular complexity index is 219. The van der Waals surface area contributed by atoms with E-state index < -0.39 is 20.8 Å². The fourth-order valence-corrected chi connectivity index (χ4v) is 0. The minimum atomic E-state index is -4.67. The van der Waals surface area contributed by atoms with Gasteiger partial charge in [-0.05, 0) is 0 Å². The first kappa shape index (κ1) is 23.6. The second kappa shape index (κ2) is 9.46. The summed E-state index contributed by atoms with van der Waals surface area (Å²) in [6.07, 6.45) is 0. The van der Waals surface area contributed by atoms with Crippen LogP contribution in [0.5, 0.6) is 0 Å². The summed E-state index contributed by atoms with van der Waals surface area (Å²) in [5.74, 6) is 0. The Morgan fingerprint density at radius 3 is 0.750 bits per heavy atom. The van der Waals surface area contributed by atoms with Gasteiger partial charge >= 0.3 is 72.2 Å². The standard InChI is InChI=1S/Al.K.2H2O4S.4H/c;;2*1-5(2,3)4;;;;/h;;2*(H2,1,2,3,4);;;;/q;+1;;;;;;-1. The largest absolute Gasteiger partial charge is 1.00 e. The van der Waals surface area contributed by atoms with Crippen molar-refractivity contribution in [1.82, 2.24) is 0 Å². The van der Waals surface area contributed by atoms with E-state index in [0.29, 0.717) is 0 Å². The van der Waals surface area contributed by atoms with E-state index in [2.05, 4.69) is 0 Å². The van der Waals surface area contributed by atoms with E-state index in [9.17, 15) is 0 Å². The zero-order valence-electron chi connectivity index (χ0n) is 6.24. The van der Waals surface area contributed by atoms with Crippen LogP contribution < -0.4 is 51.4 Å². The van der Waals surface area contributed by atoms with Crippen molar-refractivity contribution < 1.29 is 87.9 Å². The van der Waals surface area contributed by atoms with Crippen LogP contribution in [-0.4, -0.2) is 52.4 Å². The molecule has 0 rings (SSSR count). The molecular weight excluding hydrogens is 258 g/mol. The summed E-state index contributed by atoms with van der Waals surface area (Å²) in [4.78, 5) is 0. The third-order valence-electron chi connectivity index (χ3n) is 0. The van der Waals surface area contributed by atoms with E-state index in [4.69, 9.17) is 35.0 Å². The Morgan fingerprint density at radius 2 is 0.750 bits per heavy atom. The van der Waals surface area contributed by atoms with Crippen LogP contribution in [0.25, 0.3) is 0 Å². The van der Waals surface area contributed by atoms with Gasteiger partial charge in [0.15, 0.2) is 17.4 Å². The molecule has 0 amide bonds. The monoisotopic (exact) mass is 266 g/mol. The molecule has 0 atom stereocenters. The third-order valence-corrected chi connectivity index (χ3v) is 0. The van der Waals surface area contributed by atoms with Gasteiger partial charge in [-0.25, -0.2) is 0 Å². The molecule has 0 heterocycles. The Morgan fingerprint density at radius 1 is 0.750 bits per heavy atom. The van der Waals surface area contributed by atoms with Gasteiger partial charge in [-0.2, -0.15) is 16.8 Å². The van der Waals surface area contributed by atoms with Gasteiger partial charge in [0.1, 0.15) is 0 Å². The predicted molar refractivity (Wildman–Crippen MR) is 39.4 cm³/mol. The SMILES string of the molecule is O=S(=O)(O)O.O=S(=O)(O)O.[AlH3].[H-].[K+]. The summed E-state index contributed by atoms with van der Waals surface area (Å²) >= 11 is 0. The van der Waals surface area contributed by atoms with Crippen LogP contribution in [0.2, 0.25) is 0 Å². The Labute approximate surface area is 124 Å². The average Bonchev–Trinajstić information content (AvgIpc) is 1.12. The maximum Gasteiger partial charge on any atom is 1.00 e. The van der Waals surface area contributed by atoms with Crippen LogP contribution >= 0.6 is 0 Å². The minimum absolute atomic E-state index is 0. The van der Waals surface area contributed by atoms with Gasteiger partial charge in [0.25, 0.3) is 0 Å². The molecule has 0 saturated carbocycles. The Kier molecular flexibility index (Phi) is 18.6. The first-order chi connectivity index (χ1) is 4.00. The first-order valence-electron chi connectivity index (χ1n) is 1.40. The van der Waals surface area contributed by atoms with Crippen LogP contribution in [-0.2, 0) is 20.8 Å². The second-order valence-electron chi connectivity index (χ2n) is 0.896. The summed E-state index contributed by atoms with van der Waals surface area (Å²) in [5.41, 5.74) is 0. The molecule has 72 valence electrons. The average molecular weight is 266 g/mol. The Balaban J connectivity index is -0.0000000267. The number of hydrogen-bond donors (Lipinski definition) is 4. The molecule has 4 N–H and O–H groups in total. The van der Waals surface area contributed by atoms with Gasteiger partial charge in [0, 0.05) is 0 Å². The van der Waals surface area contributed by atoms with Gasteiger partial charge in [-0.3, -0.25) is 18.2 Å². The van der Waals surface area contributed by atoms with Gasteiger partial charge in [0.2, 0.25) is 0 Å². The van der Waals surface area contributed by atoms with Crippen molar-refractivity contribution in [1.29, 1.82) is 0 Å². The van der Waals surface area contributed by atoms with Crippen molar-refractivity contribution in [3.05, 3.63) is 0 Å². The van der Waals surface area contributed by atoms with E-state index in [1.165, 1.54) is 0 Å². The first-order valence-corrected chi connectivity index (χ1v) is 4.19. The van der Waals surface area contributed by atoms with Gasteiger partial charge in [-0.1, -0.05) is 0 Å². The van der Waals surface area contributed by atoms with Crippen LogP contribution in [0.15, 0.2) is 0 Å². The zero-order valence-corrected chi connectivity index (χ0v) is 9.99. The smallest absolute Gasteiger partial charge is 1.00 e. The molecule has 0 radical (unpaired) electrons. The molecule has 0 aromatic carbocycles. The summed E-state index contributed by atoms with van der Waals surface area (Å²) in [5, 5.41) is 0. The van der Waals surface area contributed by atoms with Crippen molar-refractivity contribution in [2.75, 3.05) is 0 Å². The van der Waals surface area contributed by atoms with E-state index in [-0.39, 0.29) is 70.2 Å². The van der Waals surface area contributed by atoms with Crippen LogP contribution in [0.4, 0.5) is 0 Å². The van der Waals surface area contributed by atoms with Gasteiger partial charge < -0.3 is 1.43 Å². The van der Waals surface area contributed by atoms with Crippen molar-refractivity contribution in [3.8, 4) is 0 Å². The zero-order chi connectivity index (χ0) is 9.00. The van der Waals surface area contributed by atoms with E-state index in [1.807, 2.05) is 0 Å². The normalized spacial score (nSPS) is 9.67. The molecular formula is H8AlKO8S2. The fourth-order valence-electron chi connectivity index (χ4n) is 0. The molecule has 0 fully saturated rings. The van der Waals surface area contributed by atoms with Crippen molar-refractivity contribution in [2.24, 2.45) is 0 Å². The van der Waals surface area contributed by atoms with Crippen LogP contribution in [0, 0.1) is 0 Å². The van der Waals surface area contributed by atoms with E-state index in [0.717, 1.165) is 0 Å². The number of rotatable bonds is 0. The quantitative estimate of drug-likeness (QED) is 0.251. The molecule has 0 aliphatic heterocycles. The second-order valence-corrected chi connectivity index (χ2v) is 2.69. The maximum absolute atomic E-state index is 8.74. The Hall–Kier alpha value is 1.91.